The van der Waals surface area contributed by atoms with Gasteiger partial charge in [0, 0.05) is 71.2 Å². The van der Waals surface area contributed by atoms with Crippen molar-refractivity contribution in [3.05, 3.63) is 253 Å². The van der Waals surface area contributed by atoms with E-state index in [2.05, 4.69) is 250 Å². The summed E-state index contributed by atoms with van der Waals surface area (Å²) >= 11 is 0. The Balaban J connectivity index is 1.19. The number of para-hydroxylation sites is 6. The number of aromatic nitrogens is 4. The molecule has 6 heteroatoms. The van der Waals surface area contributed by atoms with Gasteiger partial charge in [0.1, 0.15) is 0 Å². The van der Waals surface area contributed by atoms with Crippen molar-refractivity contribution in [3.63, 3.8) is 0 Å². The molecule has 0 radical (unpaired) electrons. The average Bonchev–Trinajstić information content (AvgIpc) is 4.32. The smallest absolute Gasteiger partial charge is 0.0991 e. The highest BCUT2D eigenvalue weighted by Gasteiger charge is 2.30. The molecule has 15 aromatic rings. The lowest BCUT2D eigenvalue weighted by molar-refractivity contribution is 1.03. The second-order valence-corrected chi connectivity index (χ2v) is 19.7. The Hall–Kier alpha value is -10.4. The van der Waals surface area contributed by atoms with Gasteiger partial charge in [0.05, 0.1) is 78.8 Å². The molecule has 0 unspecified atom stereocenters. The Bertz CT molecular complexity index is 4650. The van der Waals surface area contributed by atoms with Crippen molar-refractivity contribution in [1.29, 1.82) is 10.5 Å². The summed E-state index contributed by atoms with van der Waals surface area (Å²) in [6.45, 7) is 2.29. The van der Waals surface area contributed by atoms with E-state index >= 15 is 0 Å². The number of rotatable bonds is 7. The molecule has 15 rings (SSSR count). The predicted octanol–water partition coefficient (Wildman–Crippen LogP) is 17.7. The van der Waals surface area contributed by atoms with Gasteiger partial charge in [-0.05, 0) is 109 Å². The second-order valence-electron chi connectivity index (χ2n) is 19.7. The van der Waals surface area contributed by atoms with Crippen molar-refractivity contribution in [2.45, 2.75) is 13.3 Å². The first kappa shape index (κ1) is 43.2. The highest BCUT2D eigenvalue weighted by Crippen LogP contribution is 2.50. The van der Waals surface area contributed by atoms with Gasteiger partial charge in [-0.2, -0.15) is 10.5 Å². The molecule has 0 aliphatic carbocycles. The van der Waals surface area contributed by atoms with Crippen molar-refractivity contribution >= 4 is 87.2 Å². The number of nitrogens with zero attached hydrogens (tertiary/aromatic N) is 6. The maximum atomic E-state index is 10.2. The van der Waals surface area contributed by atoms with E-state index in [1.165, 1.54) is 21.5 Å². The molecule has 0 aliphatic rings. The molecule has 11 aromatic carbocycles. The lowest BCUT2D eigenvalue weighted by Gasteiger charge is -2.26. The normalized spacial score (nSPS) is 11.8. The molecule has 0 saturated carbocycles. The van der Waals surface area contributed by atoms with E-state index in [9.17, 15) is 10.5 Å². The fourth-order valence-electron chi connectivity index (χ4n) is 12.6. The van der Waals surface area contributed by atoms with Gasteiger partial charge in [0.15, 0.2) is 0 Å². The monoisotopic (exact) mass is 968 g/mol. The van der Waals surface area contributed by atoms with Crippen molar-refractivity contribution in [3.8, 4) is 57.1 Å². The zero-order valence-corrected chi connectivity index (χ0v) is 41.4. The maximum absolute atomic E-state index is 10.2. The first-order valence-electron chi connectivity index (χ1n) is 25.9. The van der Waals surface area contributed by atoms with Gasteiger partial charge in [-0.25, -0.2) is 0 Å². The van der Waals surface area contributed by atoms with Crippen LogP contribution in [0.3, 0.4) is 0 Å². The van der Waals surface area contributed by atoms with Crippen molar-refractivity contribution in [2.75, 3.05) is 0 Å². The van der Waals surface area contributed by atoms with Crippen LogP contribution < -0.4 is 0 Å². The standard InChI is InChI=1S/C70H44N6/c1-2-50-67(75-59-25-13-9-21-51(59)53-37-39-63-65(69(53)75)55-23-11-15-27-61(55)73(63)48-17-5-3-6-18-48)57(46-33-29-44(42-71)30-34-46)41-58(47-35-31-45(43-72)32-36-47)68(50)76-60-26-14-10-22-52(60)54-38-40-64-66(70(54)76)56-24-12-16-28-62(56)74(64)49-19-7-4-8-20-49/h3-41H,2H2,1H3. The summed E-state index contributed by atoms with van der Waals surface area (Å²) in [7, 11) is 0. The lowest BCUT2D eigenvalue weighted by Crippen LogP contribution is -2.10. The summed E-state index contributed by atoms with van der Waals surface area (Å²) in [6, 6.07) is 89.2. The van der Waals surface area contributed by atoms with Gasteiger partial charge >= 0.3 is 0 Å². The van der Waals surface area contributed by atoms with Crippen LogP contribution in [0.15, 0.2) is 237 Å². The van der Waals surface area contributed by atoms with Gasteiger partial charge in [0.25, 0.3) is 0 Å². The molecule has 0 saturated heterocycles. The zero-order valence-electron chi connectivity index (χ0n) is 41.4. The first-order chi connectivity index (χ1) is 37.6. The highest BCUT2D eigenvalue weighted by molar-refractivity contribution is 6.28. The summed E-state index contributed by atoms with van der Waals surface area (Å²) < 4.78 is 9.95. The third-order valence-corrected chi connectivity index (χ3v) is 15.8. The Kier molecular flexibility index (Phi) is 9.57. The first-order valence-corrected chi connectivity index (χ1v) is 25.9. The summed E-state index contributed by atoms with van der Waals surface area (Å²) in [5.41, 5.74) is 19.7. The molecular formula is C70H44N6. The van der Waals surface area contributed by atoms with Crippen LogP contribution in [0.4, 0.5) is 0 Å². The fourth-order valence-corrected chi connectivity index (χ4v) is 12.6. The van der Waals surface area contributed by atoms with Gasteiger partial charge in [-0.15, -0.1) is 0 Å². The summed E-state index contributed by atoms with van der Waals surface area (Å²) in [4.78, 5) is 0. The van der Waals surface area contributed by atoms with Crippen LogP contribution in [0.2, 0.25) is 0 Å². The second kappa shape index (κ2) is 16.8. The van der Waals surface area contributed by atoms with E-state index in [4.69, 9.17) is 0 Å². The Morgan fingerprint density at radius 1 is 0.329 bits per heavy atom. The topological polar surface area (TPSA) is 67.3 Å². The Morgan fingerprint density at radius 3 is 1.07 bits per heavy atom. The maximum Gasteiger partial charge on any atom is 0.0991 e. The molecule has 4 aromatic heterocycles. The number of hydrogen-bond acceptors (Lipinski definition) is 2. The van der Waals surface area contributed by atoms with Crippen LogP contribution in [0.1, 0.15) is 23.6 Å². The van der Waals surface area contributed by atoms with E-state index in [1.807, 2.05) is 24.3 Å². The molecule has 0 atom stereocenters. The molecule has 0 fully saturated rings. The minimum atomic E-state index is 0.598. The summed E-state index contributed by atoms with van der Waals surface area (Å²) in [5, 5.41) is 29.7. The Labute approximate surface area is 437 Å². The number of hydrogen-bond donors (Lipinski definition) is 0. The van der Waals surface area contributed by atoms with Gasteiger partial charge in [0.2, 0.25) is 0 Å². The van der Waals surface area contributed by atoms with Crippen LogP contribution in [0.25, 0.3) is 132 Å². The molecular weight excluding hydrogens is 925 g/mol. The minimum Gasteiger partial charge on any atom is -0.309 e. The highest BCUT2D eigenvalue weighted by atomic mass is 15.1. The molecule has 354 valence electrons. The predicted molar refractivity (Wildman–Crippen MR) is 313 cm³/mol. The van der Waals surface area contributed by atoms with Crippen LogP contribution in [-0.2, 0) is 6.42 Å². The van der Waals surface area contributed by atoms with E-state index in [1.54, 1.807) is 0 Å². The fraction of sp³-hybridized carbons (Fsp3) is 0.0286. The van der Waals surface area contributed by atoms with Crippen molar-refractivity contribution < 1.29 is 0 Å². The third-order valence-electron chi connectivity index (χ3n) is 15.8. The van der Waals surface area contributed by atoms with E-state index in [-0.39, 0.29) is 0 Å². The zero-order chi connectivity index (χ0) is 50.6. The molecule has 6 nitrogen and oxygen atoms in total. The summed E-state index contributed by atoms with van der Waals surface area (Å²) in [6.07, 6.45) is 0.656. The quantitative estimate of drug-likeness (QED) is 0.160. The number of nitriles is 2. The minimum absolute atomic E-state index is 0.598. The van der Waals surface area contributed by atoms with Crippen LogP contribution in [-0.4, -0.2) is 18.3 Å². The van der Waals surface area contributed by atoms with Crippen molar-refractivity contribution in [2.24, 2.45) is 0 Å². The lowest BCUT2D eigenvalue weighted by atomic mass is 9.89. The molecule has 76 heavy (non-hydrogen) atoms. The summed E-state index contributed by atoms with van der Waals surface area (Å²) in [5.74, 6) is 0. The van der Waals surface area contributed by atoms with Crippen molar-refractivity contribution in [1.82, 2.24) is 18.3 Å². The van der Waals surface area contributed by atoms with E-state index in [0.717, 1.165) is 116 Å². The largest absolute Gasteiger partial charge is 0.309 e. The molecule has 0 amide bonds. The molecule has 0 spiro atoms. The number of benzene rings is 11. The van der Waals surface area contributed by atoms with Crippen LogP contribution >= 0.6 is 0 Å². The van der Waals surface area contributed by atoms with E-state index in [0.29, 0.717) is 17.5 Å². The molecule has 4 heterocycles. The van der Waals surface area contributed by atoms with E-state index < -0.39 is 0 Å². The van der Waals surface area contributed by atoms with Gasteiger partial charge in [-0.3, -0.25) is 0 Å². The number of fused-ring (bicyclic) bond motifs is 14. The molecule has 0 N–H and O–H groups in total. The molecule has 0 bridgehead atoms. The Morgan fingerprint density at radius 2 is 0.684 bits per heavy atom. The van der Waals surface area contributed by atoms with Crippen LogP contribution in [0.5, 0.6) is 0 Å². The van der Waals surface area contributed by atoms with Gasteiger partial charge < -0.3 is 18.3 Å². The molecule has 0 aliphatic heterocycles. The third kappa shape index (κ3) is 6.13. The SMILES string of the molecule is CCc1c(-n2c3ccccc3c3ccc4c(c5ccccc5n4-c4ccccc4)c32)c(-c2ccc(C#N)cc2)cc(-c2ccc(C#N)cc2)c1-n1c2ccccc2c2ccc3c(c4ccccc4n3-c3ccccc3)c21. The van der Waals surface area contributed by atoms with Crippen LogP contribution in [0, 0.1) is 22.7 Å². The average molecular weight is 969 g/mol. The van der Waals surface area contributed by atoms with Gasteiger partial charge in [-0.1, -0.05) is 153 Å².